The predicted molar refractivity (Wildman–Crippen MR) is 96.8 cm³/mol. The van der Waals surface area contributed by atoms with Gasteiger partial charge in [0.05, 0.1) is 11.6 Å². The molecular weight excluding hydrogens is 414 g/mol. The average molecular weight is 432 g/mol. The Kier molecular flexibility index (Phi) is 7.92. The van der Waals surface area contributed by atoms with Crippen molar-refractivity contribution in [3.63, 3.8) is 0 Å². The third-order valence-corrected chi connectivity index (χ3v) is 4.39. The summed E-state index contributed by atoms with van der Waals surface area (Å²) in [6.07, 6.45) is 4.15. The minimum atomic E-state index is -1.12. The molecule has 1 aliphatic carbocycles. The highest BCUT2D eigenvalue weighted by Crippen LogP contribution is 2.55. The summed E-state index contributed by atoms with van der Waals surface area (Å²) in [4.78, 5) is 10.7. The van der Waals surface area contributed by atoms with Gasteiger partial charge in [-0.1, -0.05) is 46.4 Å². The Hall–Kier alpha value is -0.430. The average Bonchev–Trinajstić information content (AvgIpc) is 3.21. The lowest BCUT2D eigenvalue weighted by atomic mass is 10.1. The van der Waals surface area contributed by atoms with Gasteiger partial charge in [0.15, 0.2) is 17.6 Å². The van der Waals surface area contributed by atoms with Crippen LogP contribution in [0.25, 0.3) is 0 Å². The van der Waals surface area contributed by atoms with Crippen LogP contribution in [-0.2, 0) is 23.7 Å². The number of unbranched alkanes of at least 4 members (excludes halogenated alkanes) is 1. The van der Waals surface area contributed by atoms with Gasteiger partial charge in [-0.25, -0.2) is 0 Å². The Labute approximate surface area is 166 Å². The fraction of sp³-hybridized carbons (Fsp3) is 0.562. The van der Waals surface area contributed by atoms with Gasteiger partial charge in [-0.2, -0.15) is 0 Å². The van der Waals surface area contributed by atoms with Crippen LogP contribution in [-0.4, -0.2) is 43.4 Å². The summed E-state index contributed by atoms with van der Waals surface area (Å²) in [6, 6.07) is 0. The third kappa shape index (κ3) is 6.05. The van der Waals surface area contributed by atoms with Gasteiger partial charge in [-0.05, 0) is 25.8 Å². The molecule has 0 bridgehead atoms. The molecule has 0 amide bonds. The maximum atomic E-state index is 10.7. The van der Waals surface area contributed by atoms with Crippen molar-refractivity contribution >= 4 is 52.2 Å². The first-order valence-corrected chi connectivity index (χ1v) is 9.18. The van der Waals surface area contributed by atoms with Crippen LogP contribution in [0.15, 0.2) is 33.2 Å². The quantitative estimate of drug-likeness (QED) is 0.275. The standard InChI is InChI=1S/C16H18Cl4O5/c1-10(21)9-22-5-2-3-6-24-14-11(17)8-12(15-16(14,20)25-15)23-7-4-13(18)19/h4,8,15H,2-3,5-7,9H2,1H3. The zero-order chi connectivity index (χ0) is 18.4. The molecule has 0 N–H and O–H groups in total. The fourth-order valence-corrected chi connectivity index (χ4v) is 2.99. The summed E-state index contributed by atoms with van der Waals surface area (Å²) in [6.45, 7) is 2.71. The molecule has 1 fully saturated rings. The number of epoxide rings is 1. The van der Waals surface area contributed by atoms with Crippen LogP contribution in [0.3, 0.4) is 0 Å². The molecule has 2 aliphatic rings. The molecule has 140 valence electrons. The van der Waals surface area contributed by atoms with Gasteiger partial charge in [-0.3, -0.25) is 4.79 Å². The molecule has 0 aromatic carbocycles. The third-order valence-electron chi connectivity index (χ3n) is 3.35. The smallest absolute Gasteiger partial charge is 0.235 e. The Morgan fingerprint density at radius 3 is 2.72 bits per heavy atom. The number of carbonyl (C=O) groups excluding carboxylic acids is 1. The Bertz CT molecular complexity index is 597. The number of halogens is 4. The first-order chi connectivity index (χ1) is 11.8. The minimum absolute atomic E-state index is 0.00465. The van der Waals surface area contributed by atoms with Crippen molar-refractivity contribution in [3.05, 3.63) is 33.2 Å². The molecule has 1 saturated heterocycles. The highest BCUT2D eigenvalue weighted by Gasteiger charge is 2.65. The minimum Gasteiger partial charge on any atom is -0.492 e. The fourth-order valence-electron chi connectivity index (χ4n) is 2.16. The summed E-state index contributed by atoms with van der Waals surface area (Å²) >= 11 is 23.7. The van der Waals surface area contributed by atoms with Crippen molar-refractivity contribution in [3.8, 4) is 0 Å². The number of Topliss-reactive ketones (excluding diaryl/α,β-unsaturated/α-hetero) is 1. The maximum Gasteiger partial charge on any atom is 0.235 e. The van der Waals surface area contributed by atoms with Gasteiger partial charge >= 0.3 is 0 Å². The zero-order valence-corrected chi connectivity index (χ0v) is 16.6. The number of fused-ring (bicyclic) bond motifs is 1. The van der Waals surface area contributed by atoms with Gasteiger partial charge < -0.3 is 18.9 Å². The van der Waals surface area contributed by atoms with Crippen LogP contribution in [0.1, 0.15) is 19.8 Å². The monoisotopic (exact) mass is 430 g/mol. The number of allylic oxidation sites excluding steroid dienone is 2. The largest absolute Gasteiger partial charge is 0.492 e. The summed E-state index contributed by atoms with van der Waals surface area (Å²) in [5.41, 5.74) is 0. The van der Waals surface area contributed by atoms with E-state index in [2.05, 4.69) is 0 Å². The summed E-state index contributed by atoms with van der Waals surface area (Å²) < 4.78 is 22.0. The van der Waals surface area contributed by atoms with E-state index in [9.17, 15) is 4.79 Å². The Morgan fingerprint density at radius 1 is 1.32 bits per heavy atom. The van der Waals surface area contributed by atoms with E-state index >= 15 is 0 Å². The van der Waals surface area contributed by atoms with E-state index in [0.717, 1.165) is 12.8 Å². The zero-order valence-electron chi connectivity index (χ0n) is 13.5. The van der Waals surface area contributed by atoms with E-state index in [1.165, 1.54) is 13.0 Å². The molecule has 1 aliphatic heterocycles. The second-order valence-corrected chi connectivity index (χ2v) is 7.46. The lowest BCUT2D eigenvalue weighted by Crippen LogP contribution is -2.21. The normalized spacial score (nSPS) is 24.4. The lowest BCUT2D eigenvalue weighted by molar-refractivity contribution is -0.121. The topological polar surface area (TPSA) is 57.3 Å². The highest BCUT2D eigenvalue weighted by atomic mass is 35.5. The molecule has 0 radical (unpaired) electrons. The molecule has 0 aromatic heterocycles. The molecule has 0 aromatic rings. The molecule has 9 heteroatoms. The van der Waals surface area contributed by atoms with Gasteiger partial charge in [0, 0.05) is 12.7 Å². The second kappa shape index (κ2) is 9.49. The van der Waals surface area contributed by atoms with Crippen LogP contribution in [0, 0.1) is 0 Å². The van der Waals surface area contributed by atoms with Crippen molar-refractivity contribution < 1.29 is 23.7 Å². The Balaban J connectivity index is 1.79. The van der Waals surface area contributed by atoms with Gasteiger partial charge in [-0.15, -0.1) is 0 Å². The molecule has 2 unspecified atom stereocenters. The number of ketones is 1. The first-order valence-electron chi connectivity index (χ1n) is 7.67. The van der Waals surface area contributed by atoms with Crippen LogP contribution in [0.5, 0.6) is 0 Å². The SMILES string of the molecule is CC(=O)COCCCCOC1=C(Cl)C=C(OCC=C(Cl)Cl)C2OC12Cl. The van der Waals surface area contributed by atoms with E-state index in [0.29, 0.717) is 29.8 Å². The molecule has 2 atom stereocenters. The number of ether oxygens (including phenoxy) is 4. The molecule has 5 nitrogen and oxygen atoms in total. The summed E-state index contributed by atoms with van der Waals surface area (Å²) in [7, 11) is 0. The summed E-state index contributed by atoms with van der Waals surface area (Å²) in [5, 5.41) is -0.798. The predicted octanol–water partition coefficient (Wildman–Crippen LogP) is 4.41. The molecule has 0 spiro atoms. The molecule has 2 rings (SSSR count). The van der Waals surface area contributed by atoms with E-state index in [-0.39, 0.29) is 23.5 Å². The van der Waals surface area contributed by atoms with Crippen LogP contribution in [0.2, 0.25) is 0 Å². The van der Waals surface area contributed by atoms with Crippen molar-refractivity contribution in [2.24, 2.45) is 0 Å². The van der Waals surface area contributed by atoms with Crippen molar-refractivity contribution in [2.75, 3.05) is 26.4 Å². The van der Waals surface area contributed by atoms with E-state index in [1.54, 1.807) is 6.08 Å². The van der Waals surface area contributed by atoms with E-state index in [4.69, 9.17) is 65.4 Å². The van der Waals surface area contributed by atoms with Crippen LogP contribution >= 0.6 is 46.4 Å². The van der Waals surface area contributed by atoms with Gasteiger partial charge in [0.25, 0.3) is 0 Å². The van der Waals surface area contributed by atoms with Gasteiger partial charge in [0.2, 0.25) is 5.06 Å². The van der Waals surface area contributed by atoms with E-state index < -0.39 is 11.2 Å². The first kappa shape index (κ1) is 20.9. The highest BCUT2D eigenvalue weighted by molar-refractivity contribution is 6.55. The van der Waals surface area contributed by atoms with E-state index in [1.807, 2.05) is 0 Å². The van der Waals surface area contributed by atoms with Gasteiger partial charge in [0.1, 0.15) is 23.5 Å². The van der Waals surface area contributed by atoms with Crippen molar-refractivity contribution in [1.82, 2.24) is 0 Å². The van der Waals surface area contributed by atoms with Crippen molar-refractivity contribution in [1.29, 1.82) is 0 Å². The maximum absolute atomic E-state index is 10.7. The number of alkyl halides is 1. The number of carbonyl (C=O) groups is 1. The number of hydrogen-bond donors (Lipinski definition) is 0. The summed E-state index contributed by atoms with van der Waals surface area (Å²) in [5.74, 6) is 0.879. The van der Waals surface area contributed by atoms with Crippen molar-refractivity contribution in [2.45, 2.75) is 30.9 Å². The number of hydrogen-bond acceptors (Lipinski definition) is 5. The molecule has 0 saturated carbocycles. The molecule has 1 heterocycles. The van der Waals surface area contributed by atoms with Crippen LogP contribution in [0.4, 0.5) is 0 Å². The number of rotatable bonds is 11. The Morgan fingerprint density at radius 2 is 2.04 bits per heavy atom. The lowest BCUT2D eigenvalue weighted by Gasteiger charge is -2.18. The molecular formula is C16H18Cl4O5. The molecule has 25 heavy (non-hydrogen) atoms. The van der Waals surface area contributed by atoms with Crippen LogP contribution < -0.4 is 0 Å². The second-order valence-electron chi connectivity index (χ2n) is 5.48.